The number of anilines is 6. The van der Waals surface area contributed by atoms with Gasteiger partial charge in [0.05, 0.1) is 22.7 Å². The number of nitrogens with zero attached hydrogens (tertiary/aromatic N) is 2. The summed E-state index contributed by atoms with van der Waals surface area (Å²) in [7, 11) is 0. The zero-order valence-corrected chi connectivity index (χ0v) is 43.0. The Balaban J connectivity index is 0.961. The molecule has 0 saturated heterocycles. The Labute approximate surface area is 450 Å². The van der Waals surface area contributed by atoms with Crippen molar-refractivity contribution in [2.45, 2.75) is 13.8 Å². The highest BCUT2D eigenvalue weighted by molar-refractivity contribution is 6.31. The van der Waals surface area contributed by atoms with Crippen LogP contribution in [-0.2, 0) is 0 Å². The monoisotopic (exact) mass is 996 g/mol. The van der Waals surface area contributed by atoms with Gasteiger partial charge in [-0.3, -0.25) is 0 Å². The molecule has 0 aliphatic carbocycles. The Kier molecular flexibility index (Phi) is 9.73. The minimum absolute atomic E-state index is 0.841. The summed E-state index contributed by atoms with van der Waals surface area (Å²) in [5.74, 6) is 0. The predicted octanol–water partition coefficient (Wildman–Crippen LogP) is 21.6. The molecule has 2 heterocycles. The maximum Gasteiger partial charge on any atom is 0.159 e. The van der Waals surface area contributed by atoms with Gasteiger partial charge in [0, 0.05) is 54.8 Å². The molecule has 0 unspecified atom stereocenters. The molecule has 16 rings (SSSR count). The van der Waals surface area contributed by atoms with Crippen molar-refractivity contribution in [2.75, 3.05) is 9.80 Å². The van der Waals surface area contributed by atoms with Gasteiger partial charge in [0.25, 0.3) is 0 Å². The van der Waals surface area contributed by atoms with Crippen LogP contribution < -0.4 is 9.80 Å². The van der Waals surface area contributed by atoms with Crippen LogP contribution in [0.5, 0.6) is 0 Å². The van der Waals surface area contributed by atoms with Crippen LogP contribution in [0, 0.1) is 13.8 Å². The van der Waals surface area contributed by atoms with Crippen molar-refractivity contribution in [1.29, 1.82) is 0 Å². The molecule has 4 nitrogen and oxygen atoms in total. The van der Waals surface area contributed by atoms with Crippen molar-refractivity contribution in [1.82, 2.24) is 0 Å². The average Bonchev–Trinajstić information content (AvgIpc) is 4.23. The van der Waals surface area contributed by atoms with E-state index in [9.17, 15) is 0 Å². The number of furan rings is 2. The van der Waals surface area contributed by atoms with Crippen LogP contribution in [0.3, 0.4) is 0 Å². The number of hydrogen-bond donors (Lipinski definition) is 0. The first-order valence-corrected chi connectivity index (χ1v) is 26.8. The quantitative estimate of drug-likeness (QED) is 0.142. The van der Waals surface area contributed by atoms with Crippen LogP contribution in [0.2, 0.25) is 0 Å². The summed E-state index contributed by atoms with van der Waals surface area (Å²) in [5, 5.41) is 16.4. The Morgan fingerprint density at radius 2 is 0.628 bits per heavy atom. The van der Waals surface area contributed by atoms with Crippen molar-refractivity contribution in [2.24, 2.45) is 0 Å². The van der Waals surface area contributed by atoms with Gasteiger partial charge < -0.3 is 18.6 Å². The third-order valence-corrected chi connectivity index (χ3v) is 16.4. The fraction of sp³-hybridized carbons (Fsp3) is 0.0270. The number of rotatable bonds is 8. The largest absolute Gasteiger partial charge is 0.453 e. The summed E-state index contributed by atoms with van der Waals surface area (Å²) in [5.41, 5.74) is 16.4. The van der Waals surface area contributed by atoms with Crippen LogP contribution >= 0.6 is 0 Å². The average molecular weight is 997 g/mol. The lowest BCUT2D eigenvalue weighted by molar-refractivity contribution is 0.670. The molecule has 4 heteroatoms. The molecular formula is C74H48N2O2. The number of aryl methyl sites for hydroxylation is 2. The summed E-state index contributed by atoms with van der Waals surface area (Å²) in [4.78, 5) is 4.84. The molecule has 0 radical (unpaired) electrons. The van der Waals surface area contributed by atoms with Gasteiger partial charge in [0.2, 0.25) is 0 Å². The molecule has 0 fully saturated rings. The van der Waals surface area contributed by atoms with Crippen molar-refractivity contribution >= 4 is 132 Å². The maximum atomic E-state index is 7.34. The Bertz CT molecular complexity index is 4720. The highest BCUT2D eigenvalue weighted by atomic mass is 16.3. The molecule has 0 N–H and O–H groups in total. The van der Waals surface area contributed by atoms with Crippen molar-refractivity contribution in [3.63, 3.8) is 0 Å². The highest BCUT2D eigenvalue weighted by Crippen LogP contribution is 2.53. The van der Waals surface area contributed by atoms with E-state index < -0.39 is 0 Å². The lowest BCUT2D eigenvalue weighted by Gasteiger charge is -2.30. The van der Waals surface area contributed by atoms with E-state index in [1.807, 2.05) is 0 Å². The van der Waals surface area contributed by atoms with Gasteiger partial charge in [-0.05, 0) is 152 Å². The summed E-state index contributed by atoms with van der Waals surface area (Å²) in [6, 6.07) is 92.2. The molecule has 2 aromatic heterocycles. The van der Waals surface area contributed by atoms with Crippen LogP contribution in [0.25, 0.3) is 120 Å². The number of fused-ring (bicyclic) bond motifs is 10. The second-order valence-electron chi connectivity index (χ2n) is 20.8. The van der Waals surface area contributed by atoms with Gasteiger partial charge in [0.15, 0.2) is 11.2 Å². The minimum Gasteiger partial charge on any atom is -0.453 e. The van der Waals surface area contributed by atoms with Gasteiger partial charge in [-0.2, -0.15) is 0 Å². The van der Waals surface area contributed by atoms with Crippen LogP contribution in [0.4, 0.5) is 34.1 Å². The normalized spacial score (nSPS) is 12.0. The first kappa shape index (κ1) is 44.2. The smallest absolute Gasteiger partial charge is 0.159 e. The molecule has 0 saturated carbocycles. The molecule has 16 aromatic rings. The molecular weight excluding hydrogens is 949 g/mol. The second-order valence-corrected chi connectivity index (χ2v) is 20.8. The van der Waals surface area contributed by atoms with E-state index in [1.165, 1.54) is 65.0 Å². The van der Waals surface area contributed by atoms with E-state index >= 15 is 0 Å². The lowest BCUT2D eigenvalue weighted by Crippen LogP contribution is -2.12. The SMILES string of the molecule is Cc1cc2c(N(c3ccccc3)c3cccc4c3oc3c(-c5ccccc5)cc5ccccc5c34)ccc3c(C)cc4c(N(c5ccccc5)c5cccc6c5oc5c(-c7ccccc7)cc7ccccc7c56)ccc1c4c32. The lowest BCUT2D eigenvalue weighted by atomic mass is 9.87. The topological polar surface area (TPSA) is 32.8 Å². The van der Waals surface area contributed by atoms with E-state index in [4.69, 9.17) is 8.83 Å². The number of para-hydroxylation sites is 4. The molecule has 78 heavy (non-hydrogen) atoms. The van der Waals surface area contributed by atoms with Crippen LogP contribution in [0.1, 0.15) is 11.1 Å². The van der Waals surface area contributed by atoms with Gasteiger partial charge in [-0.1, -0.05) is 182 Å². The van der Waals surface area contributed by atoms with E-state index in [2.05, 4.69) is 278 Å². The molecule has 14 aromatic carbocycles. The second kappa shape index (κ2) is 17.2. The molecule has 0 aliphatic heterocycles. The zero-order valence-electron chi connectivity index (χ0n) is 43.0. The van der Waals surface area contributed by atoms with Crippen LogP contribution in [0.15, 0.2) is 264 Å². The third kappa shape index (κ3) is 6.53. The van der Waals surface area contributed by atoms with Gasteiger partial charge in [0.1, 0.15) is 11.2 Å². The fourth-order valence-corrected chi connectivity index (χ4v) is 12.9. The van der Waals surface area contributed by atoms with Gasteiger partial charge in [-0.15, -0.1) is 0 Å². The molecule has 0 aliphatic rings. The third-order valence-electron chi connectivity index (χ3n) is 16.4. The minimum atomic E-state index is 0.841. The van der Waals surface area contributed by atoms with Crippen molar-refractivity contribution in [3.8, 4) is 22.3 Å². The first-order valence-electron chi connectivity index (χ1n) is 26.8. The summed E-state index contributed by atoms with van der Waals surface area (Å²) in [6.45, 7) is 4.53. The maximum absolute atomic E-state index is 7.34. The van der Waals surface area contributed by atoms with E-state index in [-0.39, 0.29) is 0 Å². The molecule has 0 atom stereocenters. The predicted molar refractivity (Wildman–Crippen MR) is 329 cm³/mol. The van der Waals surface area contributed by atoms with E-state index in [0.717, 1.165) is 100 Å². The van der Waals surface area contributed by atoms with Gasteiger partial charge in [-0.25, -0.2) is 0 Å². The standard InChI is InChI=1S/C74H48N2O2/c1-45-41-61-63(75(51-27-11-5-12-28-51)65-35-19-33-57-69-55-31-17-15-25-49(55)43-59(73(69)77-71(57)65)47-21-7-3-8-22-47)40-38-54-46(2)42-62-64(39-37-53(45)67(62)68(54)61)76(52-29-13-6-14-30-52)66-36-20-34-58-70-56-32-18-16-26-50(56)44-60(74(70)78-72(58)66)48-23-9-4-10-24-48/h3-44H,1-2H3. The Hall–Kier alpha value is -10.2. The van der Waals surface area contributed by atoms with Gasteiger partial charge >= 0.3 is 0 Å². The zero-order chi connectivity index (χ0) is 51.6. The van der Waals surface area contributed by atoms with E-state index in [1.54, 1.807) is 0 Å². The Morgan fingerprint density at radius 1 is 0.256 bits per heavy atom. The summed E-state index contributed by atoms with van der Waals surface area (Å²) in [6.07, 6.45) is 0. The highest BCUT2D eigenvalue weighted by Gasteiger charge is 2.28. The fourth-order valence-electron chi connectivity index (χ4n) is 12.9. The molecule has 366 valence electrons. The molecule has 0 bridgehead atoms. The Morgan fingerprint density at radius 3 is 1.05 bits per heavy atom. The molecule has 0 spiro atoms. The summed E-state index contributed by atoms with van der Waals surface area (Å²) < 4.78 is 14.7. The first-order chi connectivity index (χ1) is 38.6. The summed E-state index contributed by atoms with van der Waals surface area (Å²) >= 11 is 0. The number of hydrogen-bond acceptors (Lipinski definition) is 4. The molecule has 0 amide bonds. The van der Waals surface area contributed by atoms with Crippen molar-refractivity contribution in [3.05, 3.63) is 266 Å². The number of benzene rings is 14. The van der Waals surface area contributed by atoms with Crippen LogP contribution in [-0.4, -0.2) is 0 Å². The van der Waals surface area contributed by atoms with Crippen molar-refractivity contribution < 1.29 is 8.83 Å². The van der Waals surface area contributed by atoms with E-state index in [0.29, 0.717) is 0 Å².